The van der Waals surface area contributed by atoms with E-state index in [4.69, 9.17) is 4.74 Å². The van der Waals surface area contributed by atoms with Gasteiger partial charge in [0.25, 0.3) is 5.92 Å². The second kappa shape index (κ2) is 5.76. The minimum atomic E-state index is -4.78. The van der Waals surface area contributed by atoms with Crippen LogP contribution in [0.3, 0.4) is 0 Å². The van der Waals surface area contributed by atoms with Crippen molar-refractivity contribution in [1.29, 1.82) is 0 Å². The first kappa shape index (κ1) is 18.8. The van der Waals surface area contributed by atoms with Crippen LogP contribution in [0.15, 0.2) is 29.8 Å². The van der Waals surface area contributed by atoms with E-state index < -0.39 is 58.9 Å². The van der Waals surface area contributed by atoms with Crippen LogP contribution in [0.4, 0.5) is 26.3 Å². The average Bonchev–Trinajstić information content (AvgIpc) is 3.28. The topological polar surface area (TPSA) is 26.3 Å². The Labute approximate surface area is 145 Å². The Morgan fingerprint density at radius 3 is 2.46 bits per heavy atom. The number of benzene rings is 1. The molecule has 0 bridgehead atoms. The van der Waals surface area contributed by atoms with Gasteiger partial charge in [0.05, 0.1) is 11.5 Å². The molecule has 0 heterocycles. The molecule has 2 unspecified atom stereocenters. The fourth-order valence-electron chi connectivity index (χ4n) is 3.24. The zero-order chi connectivity index (χ0) is 19.5. The first-order chi connectivity index (χ1) is 11.9. The maximum atomic E-state index is 13.8. The summed E-state index contributed by atoms with van der Waals surface area (Å²) in [6.07, 6.45) is -3.78. The van der Waals surface area contributed by atoms with Crippen LogP contribution in [0.2, 0.25) is 0 Å². The summed E-state index contributed by atoms with van der Waals surface area (Å²) in [6.45, 7) is 2.50. The van der Waals surface area contributed by atoms with Crippen molar-refractivity contribution in [1.82, 2.24) is 0 Å². The van der Waals surface area contributed by atoms with Gasteiger partial charge < -0.3 is 4.74 Å². The van der Waals surface area contributed by atoms with E-state index in [1.807, 2.05) is 0 Å². The van der Waals surface area contributed by atoms with E-state index in [-0.39, 0.29) is 12.0 Å². The molecule has 0 radical (unpaired) electrons. The Morgan fingerprint density at radius 2 is 1.92 bits per heavy atom. The number of carbonyl (C=O) groups is 1. The molecule has 0 spiro atoms. The molecular weight excluding hydrogens is 362 g/mol. The van der Waals surface area contributed by atoms with Gasteiger partial charge in [0.2, 0.25) is 0 Å². The fraction of sp³-hybridized carbons (Fsp3) is 0.500. The van der Waals surface area contributed by atoms with Crippen LogP contribution in [0, 0.1) is 23.1 Å². The SMILES string of the molecule is CC1(C)C(C=C2CC2(F)F)C1C(=O)OCc1c(F)cccc1C(F)(F)F. The average molecular weight is 378 g/mol. The van der Waals surface area contributed by atoms with Crippen molar-refractivity contribution in [3.05, 3.63) is 46.8 Å². The third-order valence-electron chi connectivity index (χ3n) is 5.09. The zero-order valence-corrected chi connectivity index (χ0v) is 14.0. The minimum Gasteiger partial charge on any atom is -0.460 e. The van der Waals surface area contributed by atoms with E-state index in [0.717, 1.165) is 12.1 Å². The van der Waals surface area contributed by atoms with Crippen molar-refractivity contribution in [3.63, 3.8) is 0 Å². The van der Waals surface area contributed by atoms with E-state index in [9.17, 15) is 31.1 Å². The van der Waals surface area contributed by atoms with Gasteiger partial charge in [-0.1, -0.05) is 26.0 Å². The Bertz CT molecular complexity index is 778. The molecule has 26 heavy (non-hydrogen) atoms. The zero-order valence-electron chi connectivity index (χ0n) is 14.0. The molecule has 2 atom stereocenters. The molecule has 0 saturated heterocycles. The number of rotatable bonds is 4. The first-order valence-corrected chi connectivity index (χ1v) is 7.96. The summed E-state index contributed by atoms with van der Waals surface area (Å²) < 4.78 is 83.5. The van der Waals surface area contributed by atoms with Crippen molar-refractivity contribution in [2.24, 2.45) is 17.3 Å². The van der Waals surface area contributed by atoms with Crippen molar-refractivity contribution >= 4 is 5.97 Å². The minimum absolute atomic E-state index is 0.0423. The summed E-state index contributed by atoms with van der Waals surface area (Å²) in [6, 6.07) is 2.48. The van der Waals surface area contributed by atoms with Crippen LogP contribution < -0.4 is 0 Å². The molecule has 2 aliphatic rings. The van der Waals surface area contributed by atoms with Gasteiger partial charge in [-0.05, 0) is 23.5 Å². The van der Waals surface area contributed by atoms with Crippen molar-refractivity contribution < 1.29 is 35.9 Å². The number of halogens is 6. The highest BCUT2D eigenvalue weighted by molar-refractivity contribution is 5.78. The highest BCUT2D eigenvalue weighted by Crippen LogP contribution is 2.62. The molecule has 142 valence electrons. The van der Waals surface area contributed by atoms with Crippen LogP contribution in [-0.2, 0) is 22.3 Å². The third kappa shape index (κ3) is 3.33. The van der Waals surface area contributed by atoms with Crippen LogP contribution in [0.25, 0.3) is 0 Å². The molecular formula is C18H16F6O2. The predicted octanol–water partition coefficient (Wildman–Crippen LogP) is 5.13. The lowest BCUT2D eigenvalue weighted by Gasteiger charge is -2.14. The second-order valence-electron chi connectivity index (χ2n) is 7.27. The first-order valence-electron chi connectivity index (χ1n) is 7.96. The van der Waals surface area contributed by atoms with Crippen molar-refractivity contribution in [2.45, 2.75) is 39.0 Å². The molecule has 0 amide bonds. The van der Waals surface area contributed by atoms with Gasteiger partial charge in [0.1, 0.15) is 12.4 Å². The molecule has 2 nitrogen and oxygen atoms in total. The molecule has 1 aromatic rings. The van der Waals surface area contributed by atoms with Gasteiger partial charge in [-0.15, -0.1) is 0 Å². The van der Waals surface area contributed by atoms with E-state index >= 15 is 0 Å². The summed E-state index contributed by atoms with van der Waals surface area (Å²) in [4.78, 5) is 12.2. The van der Waals surface area contributed by atoms with Gasteiger partial charge in [0.15, 0.2) is 0 Å². The van der Waals surface area contributed by atoms with Gasteiger partial charge in [-0.3, -0.25) is 4.79 Å². The molecule has 0 N–H and O–H groups in total. The lowest BCUT2D eigenvalue weighted by molar-refractivity contribution is -0.150. The standard InChI is InChI=1S/C18H16F6O2/c1-16(2)12(6-9-7-17(9,20)21)14(16)15(25)26-8-10-11(18(22,23)24)4-3-5-13(10)19/h3-6,12,14H,7-8H2,1-2H3. The maximum Gasteiger partial charge on any atom is 0.416 e. The predicted molar refractivity (Wildman–Crippen MR) is 79.6 cm³/mol. The highest BCUT2D eigenvalue weighted by atomic mass is 19.4. The van der Waals surface area contributed by atoms with Gasteiger partial charge >= 0.3 is 12.1 Å². The van der Waals surface area contributed by atoms with Crippen LogP contribution in [0.5, 0.6) is 0 Å². The smallest absolute Gasteiger partial charge is 0.416 e. The number of hydrogen-bond acceptors (Lipinski definition) is 2. The van der Waals surface area contributed by atoms with Crippen LogP contribution >= 0.6 is 0 Å². The van der Waals surface area contributed by atoms with E-state index in [0.29, 0.717) is 6.07 Å². The number of allylic oxidation sites excluding steroid dienone is 2. The summed E-state index contributed by atoms with van der Waals surface area (Å²) in [5.41, 5.74) is -2.64. The molecule has 0 aromatic heterocycles. The molecule has 8 heteroatoms. The van der Waals surface area contributed by atoms with Gasteiger partial charge in [0, 0.05) is 17.6 Å². The molecule has 1 aromatic carbocycles. The molecule has 2 aliphatic carbocycles. The van der Waals surface area contributed by atoms with Gasteiger partial charge in [-0.2, -0.15) is 13.2 Å². The summed E-state index contributed by atoms with van der Waals surface area (Å²) in [5.74, 6) is -5.99. The number of hydrogen-bond donors (Lipinski definition) is 0. The monoisotopic (exact) mass is 378 g/mol. The number of carbonyl (C=O) groups excluding carboxylic acids is 1. The van der Waals surface area contributed by atoms with Crippen LogP contribution in [0.1, 0.15) is 31.4 Å². The fourth-order valence-corrected chi connectivity index (χ4v) is 3.24. The Balaban J connectivity index is 1.70. The Hall–Kier alpha value is -1.99. The molecule has 2 fully saturated rings. The normalized spacial score (nSPS) is 27.3. The van der Waals surface area contributed by atoms with Crippen LogP contribution in [-0.4, -0.2) is 11.9 Å². The van der Waals surface area contributed by atoms with E-state index in [2.05, 4.69) is 0 Å². The van der Waals surface area contributed by atoms with Crippen molar-refractivity contribution in [3.8, 4) is 0 Å². The summed E-state index contributed by atoms with van der Waals surface area (Å²) >= 11 is 0. The van der Waals surface area contributed by atoms with Gasteiger partial charge in [-0.25, -0.2) is 13.2 Å². The quantitative estimate of drug-likeness (QED) is 0.413. The Kier molecular flexibility index (Phi) is 4.16. The highest BCUT2D eigenvalue weighted by Gasteiger charge is 2.63. The Morgan fingerprint density at radius 1 is 1.31 bits per heavy atom. The number of alkyl halides is 5. The largest absolute Gasteiger partial charge is 0.460 e. The third-order valence-corrected chi connectivity index (χ3v) is 5.09. The lowest BCUT2D eigenvalue weighted by atomic mass is 10.1. The number of ether oxygens (including phenoxy) is 1. The maximum absolute atomic E-state index is 13.8. The summed E-state index contributed by atoms with van der Waals surface area (Å²) in [7, 11) is 0. The molecule has 2 saturated carbocycles. The second-order valence-corrected chi connectivity index (χ2v) is 7.27. The lowest BCUT2D eigenvalue weighted by Crippen LogP contribution is -2.15. The molecule has 3 rings (SSSR count). The van der Waals surface area contributed by atoms with Crippen molar-refractivity contribution in [2.75, 3.05) is 0 Å². The molecule has 0 aliphatic heterocycles. The number of esters is 1. The summed E-state index contributed by atoms with van der Waals surface area (Å²) in [5, 5.41) is 0. The van der Waals surface area contributed by atoms with E-state index in [1.54, 1.807) is 13.8 Å². The van der Waals surface area contributed by atoms with E-state index in [1.165, 1.54) is 6.08 Å².